The summed E-state index contributed by atoms with van der Waals surface area (Å²) in [6.45, 7) is 2.21. The van der Waals surface area contributed by atoms with Crippen molar-refractivity contribution in [2.75, 3.05) is 13.1 Å². The molecule has 2 unspecified atom stereocenters. The first-order valence-corrected chi connectivity index (χ1v) is 9.76. The van der Waals surface area contributed by atoms with Crippen LogP contribution in [-0.4, -0.2) is 41.0 Å². The van der Waals surface area contributed by atoms with E-state index in [0.29, 0.717) is 27.6 Å². The van der Waals surface area contributed by atoms with Crippen LogP contribution in [0.15, 0.2) is 42.7 Å². The predicted molar refractivity (Wildman–Crippen MR) is 104 cm³/mol. The second-order valence-corrected chi connectivity index (χ2v) is 7.95. The molecule has 4 heterocycles. The summed E-state index contributed by atoms with van der Waals surface area (Å²) in [6.07, 6.45) is 6.88. The fourth-order valence-electron chi connectivity index (χ4n) is 4.25. The second kappa shape index (κ2) is 7.55. The Labute approximate surface area is 163 Å². The molecule has 4 nitrogen and oxygen atoms in total. The number of pyridine rings is 1. The summed E-state index contributed by atoms with van der Waals surface area (Å²) in [5.74, 6) is 0.437. The van der Waals surface area contributed by atoms with Gasteiger partial charge in [0.05, 0.1) is 10.0 Å². The molecule has 3 aliphatic heterocycles. The van der Waals surface area contributed by atoms with Gasteiger partial charge in [-0.3, -0.25) is 14.7 Å². The molecule has 0 spiro atoms. The first-order chi connectivity index (χ1) is 12.6. The van der Waals surface area contributed by atoms with Crippen LogP contribution in [0.25, 0.3) is 0 Å². The van der Waals surface area contributed by atoms with Crippen molar-refractivity contribution in [1.29, 1.82) is 0 Å². The number of amides is 1. The fraction of sp³-hybridized carbons (Fsp3) is 0.400. The molecular formula is C20H21Cl2N3O. The van der Waals surface area contributed by atoms with Crippen LogP contribution in [0.2, 0.25) is 10.0 Å². The van der Waals surface area contributed by atoms with E-state index in [1.807, 2.05) is 12.3 Å². The molecule has 6 heteroatoms. The van der Waals surface area contributed by atoms with Crippen LogP contribution in [0.1, 0.15) is 28.8 Å². The minimum atomic E-state index is -0.0847. The van der Waals surface area contributed by atoms with Crippen LogP contribution in [0.4, 0.5) is 0 Å². The molecule has 0 radical (unpaired) electrons. The van der Waals surface area contributed by atoms with Gasteiger partial charge < -0.3 is 5.32 Å². The summed E-state index contributed by atoms with van der Waals surface area (Å²) in [4.78, 5) is 19.5. The molecule has 1 amide bonds. The summed E-state index contributed by atoms with van der Waals surface area (Å²) in [6, 6.07) is 9.54. The van der Waals surface area contributed by atoms with Crippen LogP contribution >= 0.6 is 23.2 Å². The summed E-state index contributed by atoms with van der Waals surface area (Å²) in [7, 11) is 0. The minimum absolute atomic E-state index is 0.0847. The van der Waals surface area contributed by atoms with Gasteiger partial charge in [0.1, 0.15) is 0 Å². The quantitative estimate of drug-likeness (QED) is 0.863. The van der Waals surface area contributed by atoms with Crippen molar-refractivity contribution in [3.8, 4) is 0 Å². The van der Waals surface area contributed by atoms with Crippen molar-refractivity contribution in [3.05, 3.63) is 63.9 Å². The van der Waals surface area contributed by atoms with Gasteiger partial charge in [-0.15, -0.1) is 0 Å². The molecular weight excluding hydrogens is 369 g/mol. The number of carbonyl (C=O) groups excluding carboxylic acids is 1. The molecule has 3 fully saturated rings. The Morgan fingerprint density at radius 1 is 1.19 bits per heavy atom. The van der Waals surface area contributed by atoms with Crippen molar-refractivity contribution in [2.24, 2.45) is 5.92 Å². The van der Waals surface area contributed by atoms with Crippen molar-refractivity contribution in [2.45, 2.75) is 31.3 Å². The predicted octanol–water partition coefficient (Wildman–Crippen LogP) is 3.82. The zero-order valence-corrected chi connectivity index (χ0v) is 15.9. The average molecular weight is 390 g/mol. The zero-order valence-electron chi connectivity index (χ0n) is 14.4. The molecule has 2 aromatic rings. The number of rotatable bonds is 4. The average Bonchev–Trinajstić information content (AvgIpc) is 2.67. The van der Waals surface area contributed by atoms with E-state index in [0.717, 1.165) is 32.4 Å². The van der Waals surface area contributed by atoms with Gasteiger partial charge in [0.25, 0.3) is 5.91 Å². The molecule has 0 aliphatic carbocycles. The van der Waals surface area contributed by atoms with Gasteiger partial charge in [-0.05, 0) is 68.1 Å². The van der Waals surface area contributed by atoms with Gasteiger partial charge in [0, 0.05) is 30.0 Å². The molecule has 1 aromatic carbocycles. The summed E-state index contributed by atoms with van der Waals surface area (Å²) >= 11 is 12.0. The van der Waals surface area contributed by atoms with E-state index in [2.05, 4.69) is 21.3 Å². The second-order valence-electron chi connectivity index (χ2n) is 7.13. The maximum atomic E-state index is 12.8. The lowest BCUT2D eigenvalue weighted by Crippen LogP contribution is -2.64. The lowest BCUT2D eigenvalue weighted by molar-refractivity contribution is 0.0136. The maximum absolute atomic E-state index is 12.8. The lowest BCUT2D eigenvalue weighted by Gasteiger charge is -2.51. The first-order valence-electron chi connectivity index (χ1n) is 9.00. The van der Waals surface area contributed by atoms with Crippen molar-refractivity contribution in [3.63, 3.8) is 0 Å². The number of fused-ring (bicyclic) bond motifs is 3. The molecule has 3 saturated heterocycles. The SMILES string of the molecule is O=C(NC1C2CCN(CC2)C1Cc1cccnc1)c1ccc(Cl)c(Cl)c1. The van der Waals surface area contributed by atoms with Gasteiger partial charge in [-0.1, -0.05) is 29.3 Å². The summed E-state index contributed by atoms with van der Waals surface area (Å²) in [5.41, 5.74) is 1.76. The third kappa shape index (κ3) is 3.59. The van der Waals surface area contributed by atoms with E-state index in [-0.39, 0.29) is 11.9 Å². The Morgan fingerprint density at radius 3 is 2.69 bits per heavy atom. The standard InChI is InChI=1S/C20H21Cl2N3O/c21-16-4-3-15(11-17(16)22)20(26)24-19-14-5-8-25(9-6-14)18(19)10-13-2-1-7-23-12-13/h1-4,7,11-12,14,18-19H,5-6,8-10H2,(H,24,26). The zero-order chi connectivity index (χ0) is 18.1. The summed E-state index contributed by atoms with van der Waals surface area (Å²) < 4.78 is 0. The molecule has 5 rings (SSSR count). The number of hydrogen-bond donors (Lipinski definition) is 1. The minimum Gasteiger partial charge on any atom is -0.347 e. The Balaban J connectivity index is 1.54. The molecule has 2 atom stereocenters. The van der Waals surface area contributed by atoms with Crippen molar-refractivity contribution < 1.29 is 4.79 Å². The fourth-order valence-corrected chi connectivity index (χ4v) is 4.55. The molecule has 0 saturated carbocycles. The topological polar surface area (TPSA) is 45.2 Å². The molecule has 26 heavy (non-hydrogen) atoms. The maximum Gasteiger partial charge on any atom is 0.251 e. The largest absolute Gasteiger partial charge is 0.347 e. The number of piperidine rings is 3. The molecule has 3 aliphatic rings. The Morgan fingerprint density at radius 2 is 2.00 bits per heavy atom. The number of hydrogen-bond acceptors (Lipinski definition) is 3. The number of nitrogens with one attached hydrogen (secondary N) is 1. The Bertz CT molecular complexity index is 791. The van der Waals surface area contributed by atoms with E-state index in [9.17, 15) is 4.79 Å². The molecule has 2 bridgehead atoms. The third-order valence-corrected chi connectivity index (χ3v) is 6.35. The van der Waals surface area contributed by atoms with Crippen LogP contribution in [0.5, 0.6) is 0 Å². The highest BCUT2D eigenvalue weighted by molar-refractivity contribution is 6.42. The van der Waals surface area contributed by atoms with Crippen LogP contribution < -0.4 is 5.32 Å². The Hall–Kier alpha value is -1.62. The smallest absolute Gasteiger partial charge is 0.251 e. The van der Waals surface area contributed by atoms with E-state index in [1.165, 1.54) is 5.56 Å². The first kappa shape index (κ1) is 17.8. The van der Waals surface area contributed by atoms with Gasteiger partial charge in [0.15, 0.2) is 0 Å². The highest BCUT2D eigenvalue weighted by atomic mass is 35.5. The monoisotopic (exact) mass is 389 g/mol. The van der Waals surface area contributed by atoms with Gasteiger partial charge in [-0.2, -0.15) is 0 Å². The van der Waals surface area contributed by atoms with E-state index in [1.54, 1.807) is 24.4 Å². The Kier molecular flexibility index (Phi) is 5.16. The van der Waals surface area contributed by atoms with Crippen LogP contribution in [0.3, 0.4) is 0 Å². The highest BCUT2D eigenvalue weighted by Gasteiger charge is 2.42. The molecule has 1 aromatic heterocycles. The van der Waals surface area contributed by atoms with E-state index >= 15 is 0 Å². The van der Waals surface area contributed by atoms with E-state index < -0.39 is 0 Å². The normalized spacial score (nSPS) is 27.3. The number of aromatic nitrogens is 1. The van der Waals surface area contributed by atoms with Gasteiger partial charge in [-0.25, -0.2) is 0 Å². The third-order valence-electron chi connectivity index (χ3n) is 5.61. The molecule has 1 N–H and O–H groups in total. The summed E-state index contributed by atoms with van der Waals surface area (Å²) in [5, 5.41) is 4.14. The van der Waals surface area contributed by atoms with Crippen LogP contribution in [-0.2, 0) is 6.42 Å². The lowest BCUT2D eigenvalue weighted by atomic mass is 9.76. The van der Waals surface area contributed by atoms with Crippen molar-refractivity contribution in [1.82, 2.24) is 15.2 Å². The number of carbonyl (C=O) groups is 1. The molecule has 136 valence electrons. The number of benzene rings is 1. The van der Waals surface area contributed by atoms with Crippen LogP contribution in [0, 0.1) is 5.92 Å². The van der Waals surface area contributed by atoms with E-state index in [4.69, 9.17) is 23.2 Å². The van der Waals surface area contributed by atoms with Crippen molar-refractivity contribution >= 4 is 29.1 Å². The number of nitrogens with zero attached hydrogens (tertiary/aromatic N) is 2. The van der Waals surface area contributed by atoms with Gasteiger partial charge in [0.2, 0.25) is 0 Å². The number of halogens is 2. The van der Waals surface area contributed by atoms with Gasteiger partial charge >= 0.3 is 0 Å². The highest BCUT2D eigenvalue weighted by Crippen LogP contribution is 2.34.